The van der Waals surface area contributed by atoms with Gasteiger partial charge in [-0.25, -0.2) is 13.6 Å². The van der Waals surface area contributed by atoms with Gasteiger partial charge in [0.1, 0.15) is 10.6 Å². The number of sulfonamides is 1. The second-order valence-electron chi connectivity index (χ2n) is 7.27. The fourth-order valence-corrected chi connectivity index (χ4v) is 3.74. The number of nitrogens with one attached hydrogen (secondary N) is 1. The summed E-state index contributed by atoms with van der Waals surface area (Å²) in [6, 6.07) is 12.4. The van der Waals surface area contributed by atoms with Crippen LogP contribution < -0.4 is 26.7 Å². The van der Waals surface area contributed by atoms with E-state index in [9.17, 15) is 8.42 Å². The van der Waals surface area contributed by atoms with Gasteiger partial charge < -0.3 is 21.5 Å². The van der Waals surface area contributed by atoms with Gasteiger partial charge >= 0.3 is 0 Å². The van der Waals surface area contributed by atoms with E-state index in [0.717, 1.165) is 18.4 Å². The molecule has 0 aliphatic carbocycles. The van der Waals surface area contributed by atoms with E-state index in [2.05, 4.69) is 12.2 Å². The van der Waals surface area contributed by atoms with Gasteiger partial charge in [-0.3, -0.25) is 0 Å². The lowest BCUT2D eigenvalue weighted by Crippen LogP contribution is -2.34. The first kappa shape index (κ1) is 23.2. The van der Waals surface area contributed by atoms with E-state index in [1.54, 1.807) is 18.2 Å². The maximum atomic E-state index is 12.4. The van der Waals surface area contributed by atoms with Crippen molar-refractivity contribution in [3.63, 3.8) is 0 Å². The van der Waals surface area contributed by atoms with Gasteiger partial charge in [0.15, 0.2) is 5.75 Å². The van der Waals surface area contributed by atoms with Crippen molar-refractivity contribution >= 4 is 15.7 Å². The number of para-hydroxylation sites is 1. The van der Waals surface area contributed by atoms with Crippen molar-refractivity contribution in [2.24, 2.45) is 22.5 Å². The SMILES string of the molecule is CCCCNc1cc(CC(CN)C(C)N)cc(S(N)(=O)=O)c1Oc1ccccc1. The molecule has 0 spiro atoms. The predicted molar refractivity (Wildman–Crippen MR) is 118 cm³/mol. The van der Waals surface area contributed by atoms with E-state index < -0.39 is 10.0 Å². The van der Waals surface area contributed by atoms with Gasteiger partial charge in [0.25, 0.3) is 0 Å². The Bertz CT molecular complexity index is 886. The van der Waals surface area contributed by atoms with Crippen LogP contribution in [0.25, 0.3) is 0 Å². The average molecular weight is 421 g/mol. The van der Waals surface area contributed by atoms with Crippen LogP contribution >= 0.6 is 0 Å². The van der Waals surface area contributed by atoms with Crippen molar-refractivity contribution < 1.29 is 13.2 Å². The molecule has 8 heteroatoms. The zero-order chi connectivity index (χ0) is 21.4. The lowest BCUT2D eigenvalue weighted by molar-refractivity contribution is 0.448. The predicted octanol–water partition coefficient (Wildman–Crippen LogP) is 2.80. The van der Waals surface area contributed by atoms with Crippen LogP contribution in [0.3, 0.4) is 0 Å². The third-order valence-electron chi connectivity index (χ3n) is 4.77. The Morgan fingerprint density at radius 2 is 1.86 bits per heavy atom. The van der Waals surface area contributed by atoms with Crippen LogP contribution in [0, 0.1) is 5.92 Å². The highest BCUT2D eigenvalue weighted by Crippen LogP contribution is 2.37. The number of hydrogen-bond donors (Lipinski definition) is 4. The molecule has 2 unspecified atom stereocenters. The average Bonchev–Trinajstić information content (AvgIpc) is 2.67. The van der Waals surface area contributed by atoms with Crippen molar-refractivity contribution in [1.82, 2.24) is 0 Å². The number of ether oxygens (including phenoxy) is 1. The molecule has 0 aromatic heterocycles. The number of rotatable bonds is 11. The number of primary sulfonamides is 1. The number of anilines is 1. The Hall–Kier alpha value is -2.13. The molecule has 0 fully saturated rings. The van der Waals surface area contributed by atoms with E-state index >= 15 is 0 Å². The third-order valence-corrected chi connectivity index (χ3v) is 5.69. The Labute approximate surface area is 173 Å². The smallest absolute Gasteiger partial charge is 0.241 e. The van der Waals surface area contributed by atoms with E-state index in [0.29, 0.717) is 30.9 Å². The lowest BCUT2D eigenvalue weighted by Gasteiger charge is -2.22. The first-order valence-corrected chi connectivity index (χ1v) is 11.4. The molecular formula is C21H32N4O3S. The lowest BCUT2D eigenvalue weighted by atomic mass is 9.93. The molecule has 0 amide bonds. The van der Waals surface area contributed by atoms with Crippen LogP contribution in [0.5, 0.6) is 11.5 Å². The summed E-state index contributed by atoms with van der Waals surface area (Å²) >= 11 is 0. The van der Waals surface area contributed by atoms with Gasteiger partial charge in [-0.2, -0.15) is 0 Å². The molecule has 0 aliphatic rings. The highest BCUT2D eigenvalue weighted by molar-refractivity contribution is 7.89. The topological polar surface area (TPSA) is 133 Å². The molecule has 2 aromatic rings. The van der Waals surface area contributed by atoms with Gasteiger partial charge in [-0.1, -0.05) is 31.5 Å². The second-order valence-corrected chi connectivity index (χ2v) is 8.80. The Morgan fingerprint density at radius 3 is 2.41 bits per heavy atom. The maximum absolute atomic E-state index is 12.4. The highest BCUT2D eigenvalue weighted by atomic mass is 32.2. The summed E-state index contributed by atoms with van der Waals surface area (Å²) < 4.78 is 30.7. The van der Waals surface area contributed by atoms with E-state index in [-0.39, 0.29) is 22.6 Å². The van der Waals surface area contributed by atoms with Gasteiger partial charge in [-0.15, -0.1) is 0 Å². The van der Waals surface area contributed by atoms with Gasteiger partial charge in [0, 0.05) is 12.6 Å². The summed E-state index contributed by atoms with van der Waals surface area (Å²) in [5.41, 5.74) is 13.3. The van der Waals surface area contributed by atoms with Crippen molar-refractivity contribution in [1.29, 1.82) is 0 Å². The standard InChI is InChI=1S/C21H32N4O3S/c1-3-4-10-25-19-12-16(11-17(14-22)15(2)23)13-20(29(24,26)27)21(19)28-18-8-6-5-7-9-18/h5-9,12-13,15,17,25H,3-4,10-11,14,22-23H2,1-2H3,(H2,24,26,27). The summed E-state index contributed by atoms with van der Waals surface area (Å²) in [5.74, 6) is 0.746. The normalized spacial score (nSPS) is 13.7. The molecule has 2 atom stereocenters. The fourth-order valence-electron chi connectivity index (χ4n) is 3.02. The molecule has 0 bridgehead atoms. The van der Waals surface area contributed by atoms with Crippen LogP contribution in [-0.4, -0.2) is 27.5 Å². The number of nitrogens with two attached hydrogens (primary N) is 3. The summed E-state index contributed by atoms with van der Waals surface area (Å²) in [5, 5.41) is 8.84. The van der Waals surface area contributed by atoms with E-state index in [1.807, 2.05) is 31.2 Å². The molecule has 0 saturated heterocycles. The molecule has 0 saturated carbocycles. The quantitative estimate of drug-likeness (QED) is 0.413. The molecule has 0 heterocycles. The van der Waals surface area contributed by atoms with E-state index in [1.165, 1.54) is 0 Å². The molecule has 29 heavy (non-hydrogen) atoms. The van der Waals surface area contributed by atoms with Crippen LogP contribution in [0.1, 0.15) is 32.3 Å². The summed E-state index contributed by atoms with van der Waals surface area (Å²) in [6.07, 6.45) is 2.49. The van der Waals surface area contributed by atoms with Gasteiger partial charge in [0.05, 0.1) is 5.69 Å². The van der Waals surface area contributed by atoms with Gasteiger partial charge in [-0.05, 0) is 62.1 Å². The molecule has 0 aliphatic heterocycles. The van der Waals surface area contributed by atoms with Crippen molar-refractivity contribution in [3.8, 4) is 11.5 Å². The van der Waals surface area contributed by atoms with Crippen LogP contribution in [0.2, 0.25) is 0 Å². The van der Waals surface area contributed by atoms with Crippen molar-refractivity contribution in [2.45, 2.75) is 44.0 Å². The van der Waals surface area contributed by atoms with Crippen molar-refractivity contribution in [3.05, 3.63) is 48.0 Å². The Kier molecular flexibility index (Phi) is 8.45. The third kappa shape index (κ3) is 6.71. The molecule has 7 N–H and O–H groups in total. The van der Waals surface area contributed by atoms with Crippen LogP contribution in [0.4, 0.5) is 5.69 Å². The zero-order valence-corrected chi connectivity index (χ0v) is 17.9. The monoisotopic (exact) mass is 420 g/mol. The summed E-state index contributed by atoms with van der Waals surface area (Å²) in [6.45, 7) is 5.07. The van der Waals surface area contributed by atoms with E-state index in [4.69, 9.17) is 21.3 Å². The second kappa shape index (κ2) is 10.6. The molecular weight excluding hydrogens is 388 g/mol. The maximum Gasteiger partial charge on any atom is 0.241 e. The fraction of sp³-hybridized carbons (Fsp3) is 0.429. The Morgan fingerprint density at radius 1 is 1.17 bits per heavy atom. The summed E-state index contributed by atoms with van der Waals surface area (Å²) in [7, 11) is -4.02. The minimum Gasteiger partial charge on any atom is -0.454 e. The molecule has 2 aromatic carbocycles. The largest absolute Gasteiger partial charge is 0.454 e. The molecule has 0 radical (unpaired) electrons. The number of hydrogen-bond acceptors (Lipinski definition) is 6. The molecule has 7 nitrogen and oxygen atoms in total. The van der Waals surface area contributed by atoms with Crippen LogP contribution in [0.15, 0.2) is 47.4 Å². The minimum absolute atomic E-state index is 0.0210. The molecule has 160 valence electrons. The summed E-state index contributed by atoms with van der Waals surface area (Å²) in [4.78, 5) is -0.0571. The Balaban J connectivity index is 2.55. The zero-order valence-electron chi connectivity index (χ0n) is 17.1. The molecule has 2 rings (SSSR count). The van der Waals surface area contributed by atoms with Crippen LogP contribution in [-0.2, 0) is 16.4 Å². The minimum atomic E-state index is -4.02. The first-order chi connectivity index (χ1) is 13.8. The highest BCUT2D eigenvalue weighted by Gasteiger charge is 2.23. The first-order valence-electron chi connectivity index (χ1n) is 9.88. The van der Waals surface area contributed by atoms with Gasteiger partial charge in [0.2, 0.25) is 10.0 Å². The number of unbranched alkanes of at least 4 members (excludes halogenated alkanes) is 1. The van der Waals surface area contributed by atoms with Crippen molar-refractivity contribution in [2.75, 3.05) is 18.4 Å². The number of benzene rings is 2.